The zero-order valence-corrected chi connectivity index (χ0v) is 9.85. The van der Waals surface area contributed by atoms with E-state index < -0.39 is 5.97 Å². The van der Waals surface area contributed by atoms with Gasteiger partial charge in [0, 0.05) is 25.3 Å². The largest absolute Gasteiger partial charge is 0.477 e. The van der Waals surface area contributed by atoms with Crippen molar-refractivity contribution in [2.75, 3.05) is 26.8 Å². The highest BCUT2D eigenvalue weighted by molar-refractivity contribution is 5.86. The van der Waals surface area contributed by atoms with Crippen molar-refractivity contribution >= 4 is 5.97 Å². The minimum absolute atomic E-state index is 0.180. The smallest absolute Gasteiger partial charge is 0.354 e. The van der Waals surface area contributed by atoms with E-state index in [1.165, 1.54) is 0 Å². The molecule has 6 heteroatoms. The summed E-state index contributed by atoms with van der Waals surface area (Å²) < 4.78 is 5.32. The molecule has 0 radical (unpaired) electrons. The van der Waals surface area contributed by atoms with Crippen LogP contribution in [0.1, 0.15) is 22.5 Å². The summed E-state index contributed by atoms with van der Waals surface area (Å²) in [5.41, 5.74) is 0.901. The number of nitrogens with one attached hydrogen (secondary N) is 1. The number of ether oxygens (including phenoxy) is 1. The number of hydrogen-bond acceptors (Lipinski definition) is 4. The van der Waals surface area contributed by atoms with Crippen molar-refractivity contribution < 1.29 is 14.6 Å². The van der Waals surface area contributed by atoms with Crippen LogP contribution in [0.15, 0.2) is 6.20 Å². The zero-order chi connectivity index (χ0) is 12.3. The molecule has 1 aliphatic heterocycles. The van der Waals surface area contributed by atoms with E-state index in [0.29, 0.717) is 12.5 Å². The van der Waals surface area contributed by atoms with Crippen LogP contribution in [0.25, 0.3) is 0 Å². The number of carbonyl (C=O) groups is 1. The summed E-state index contributed by atoms with van der Waals surface area (Å²) in [6, 6.07) is 0. The van der Waals surface area contributed by atoms with E-state index in [2.05, 4.69) is 15.1 Å². The summed E-state index contributed by atoms with van der Waals surface area (Å²) in [5.74, 6) is -0.407. The first kappa shape index (κ1) is 12.1. The average molecular weight is 239 g/mol. The molecule has 0 unspecified atom stereocenters. The molecule has 0 aromatic carbocycles. The number of aromatic carboxylic acids is 1. The number of H-pyrrole nitrogens is 1. The number of carboxylic acid groups (broad SMARTS) is 1. The van der Waals surface area contributed by atoms with Crippen LogP contribution in [-0.2, 0) is 11.3 Å². The standard InChI is InChI=1S/C11H17N3O3/c1-14(5-8-2-3-17-7-8)6-9-4-12-13-10(9)11(15)16/h4,8H,2-3,5-7H2,1H3,(H,12,13)(H,15,16)/t8-/m0/s1. The lowest BCUT2D eigenvalue weighted by Gasteiger charge is -2.19. The Hall–Kier alpha value is -1.40. The maximum atomic E-state index is 10.9. The predicted octanol–water partition coefficient (Wildman–Crippen LogP) is 0.576. The Morgan fingerprint density at radius 1 is 1.76 bits per heavy atom. The van der Waals surface area contributed by atoms with Crippen molar-refractivity contribution in [2.45, 2.75) is 13.0 Å². The third-order valence-electron chi connectivity index (χ3n) is 2.97. The Labute approximate surface area is 99.6 Å². The summed E-state index contributed by atoms with van der Waals surface area (Å²) in [6.45, 7) is 3.16. The molecular weight excluding hydrogens is 222 g/mol. The molecule has 2 rings (SSSR count). The van der Waals surface area contributed by atoms with Crippen LogP contribution >= 0.6 is 0 Å². The van der Waals surface area contributed by atoms with Gasteiger partial charge in [0.2, 0.25) is 0 Å². The molecule has 1 fully saturated rings. The molecule has 1 aromatic rings. The van der Waals surface area contributed by atoms with Gasteiger partial charge in [0.15, 0.2) is 0 Å². The fraction of sp³-hybridized carbons (Fsp3) is 0.636. The molecule has 0 saturated carbocycles. The molecule has 2 heterocycles. The van der Waals surface area contributed by atoms with E-state index in [1.54, 1.807) is 6.20 Å². The van der Waals surface area contributed by atoms with Crippen LogP contribution in [0.4, 0.5) is 0 Å². The highest BCUT2D eigenvalue weighted by Gasteiger charge is 2.19. The van der Waals surface area contributed by atoms with Gasteiger partial charge in [0.1, 0.15) is 5.69 Å². The molecule has 2 N–H and O–H groups in total. The van der Waals surface area contributed by atoms with Crippen molar-refractivity contribution in [2.24, 2.45) is 5.92 Å². The maximum Gasteiger partial charge on any atom is 0.354 e. The van der Waals surface area contributed by atoms with Crippen LogP contribution in [0, 0.1) is 5.92 Å². The molecule has 0 bridgehead atoms. The molecule has 94 valence electrons. The fourth-order valence-electron chi connectivity index (χ4n) is 2.14. The normalized spacial score (nSPS) is 20.0. The minimum atomic E-state index is -0.963. The van der Waals surface area contributed by atoms with E-state index in [4.69, 9.17) is 9.84 Å². The zero-order valence-electron chi connectivity index (χ0n) is 9.85. The van der Waals surface area contributed by atoms with Gasteiger partial charge in [0.05, 0.1) is 12.8 Å². The van der Waals surface area contributed by atoms with Gasteiger partial charge in [-0.2, -0.15) is 5.10 Å². The van der Waals surface area contributed by atoms with Gasteiger partial charge in [0.25, 0.3) is 0 Å². The van der Waals surface area contributed by atoms with E-state index in [-0.39, 0.29) is 5.69 Å². The van der Waals surface area contributed by atoms with Gasteiger partial charge in [-0.1, -0.05) is 0 Å². The Bertz CT molecular complexity index is 385. The summed E-state index contributed by atoms with van der Waals surface area (Å²) in [5, 5.41) is 15.2. The Morgan fingerprint density at radius 2 is 2.59 bits per heavy atom. The average Bonchev–Trinajstić information content (AvgIpc) is 2.88. The molecule has 1 atom stereocenters. The number of nitrogens with zero attached hydrogens (tertiary/aromatic N) is 2. The molecule has 1 aromatic heterocycles. The second-order valence-electron chi connectivity index (χ2n) is 4.50. The lowest BCUT2D eigenvalue weighted by molar-refractivity contribution is 0.0688. The van der Waals surface area contributed by atoms with Crippen molar-refractivity contribution in [1.82, 2.24) is 15.1 Å². The van der Waals surface area contributed by atoms with Gasteiger partial charge < -0.3 is 14.7 Å². The van der Waals surface area contributed by atoms with E-state index >= 15 is 0 Å². The second-order valence-corrected chi connectivity index (χ2v) is 4.50. The SMILES string of the molecule is CN(Cc1cn[nH]c1C(=O)O)C[C@@H]1CCOC1. The lowest BCUT2D eigenvalue weighted by atomic mass is 10.1. The van der Waals surface area contributed by atoms with E-state index in [9.17, 15) is 4.79 Å². The quantitative estimate of drug-likeness (QED) is 0.785. The maximum absolute atomic E-state index is 10.9. The predicted molar refractivity (Wildman–Crippen MR) is 60.8 cm³/mol. The van der Waals surface area contributed by atoms with Gasteiger partial charge in [-0.05, 0) is 19.4 Å². The Balaban J connectivity index is 1.90. The summed E-state index contributed by atoms with van der Waals surface area (Å²) in [6.07, 6.45) is 2.66. The van der Waals surface area contributed by atoms with Crippen LogP contribution in [-0.4, -0.2) is 53.0 Å². The van der Waals surface area contributed by atoms with Gasteiger partial charge in [-0.3, -0.25) is 5.10 Å². The molecule has 1 saturated heterocycles. The lowest BCUT2D eigenvalue weighted by Crippen LogP contribution is -2.26. The highest BCUT2D eigenvalue weighted by atomic mass is 16.5. The highest BCUT2D eigenvalue weighted by Crippen LogP contribution is 2.15. The van der Waals surface area contributed by atoms with Crippen molar-refractivity contribution in [1.29, 1.82) is 0 Å². The van der Waals surface area contributed by atoms with Crippen LogP contribution in [0.3, 0.4) is 0 Å². The molecule has 0 aliphatic carbocycles. The Morgan fingerprint density at radius 3 is 3.24 bits per heavy atom. The molecule has 0 spiro atoms. The van der Waals surface area contributed by atoms with Crippen molar-refractivity contribution in [3.63, 3.8) is 0 Å². The van der Waals surface area contributed by atoms with E-state index in [1.807, 2.05) is 7.05 Å². The van der Waals surface area contributed by atoms with Crippen molar-refractivity contribution in [3.8, 4) is 0 Å². The third-order valence-corrected chi connectivity index (χ3v) is 2.97. The van der Waals surface area contributed by atoms with Crippen LogP contribution in [0.2, 0.25) is 0 Å². The van der Waals surface area contributed by atoms with Gasteiger partial charge in [-0.25, -0.2) is 4.79 Å². The Kier molecular flexibility index (Phi) is 3.75. The molecular formula is C11H17N3O3. The monoisotopic (exact) mass is 239 g/mol. The number of aromatic amines is 1. The number of aromatic nitrogens is 2. The number of rotatable bonds is 5. The first-order valence-corrected chi connectivity index (χ1v) is 5.68. The second kappa shape index (κ2) is 5.29. The molecule has 1 aliphatic rings. The summed E-state index contributed by atoms with van der Waals surface area (Å²) >= 11 is 0. The van der Waals surface area contributed by atoms with Gasteiger partial charge >= 0.3 is 5.97 Å². The summed E-state index contributed by atoms with van der Waals surface area (Å²) in [4.78, 5) is 13.0. The summed E-state index contributed by atoms with van der Waals surface area (Å²) in [7, 11) is 1.98. The van der Waals surface area contributed by atoms with Gasteiger partial charge in [-0.15, -0.1) is 0 Å². The number of hydrogen-bond donors (Lipinski definition) is 2. The van der Waals surface area contributed by atoms with Crippen LogP contribution in [0.5, 0.6) is 0 Å². The first-order valence-electron chi connectivity index (χ1n) is 5.68. The fourth-order valence-corrected chi connectivity index (χ4v) is 2.14. The topological polar surface area (TPSA) is 78.5 Å². The first-order chi connectivity index (χ1) is 8.16. The molecule has 6 nitrogen and oxygen atoms in total. The molecule has 17 heavy (non-hydrogen) atoms. The van der Waals surface area contributed by atoms with Crippen molar-refractivity contribution in [3.05, 3.63) is 17.5 Å². The van der Waals surface area contributed by atoms with E-state index in [0.717, 1.165) is 31.7 Å². The molecule has 0 amide bonds. The third kappa shape index (κ3) is 3.04. The number of carboxylic acids is 1. The minimum Gasteiger partial charge on any atom is -0.477 e. The van der Waals surface area contributed by atoms with Crippen LogP contribution < -0.4 is 0 Å².